The molecular formula is C25H24F3N5O3S2. The summed E-state index contributed by atoms with van der Waals surface area (Å²) in [5, 5.41) is 6.94. The van der Waals surface area contributed by atoms with Gasteiger partial charge in [0, 0.05) is 17.8 Å². The fraction of sp³-hybridized carbons (Fsp3) is 0.240. The minimum absolute atomic E-state index is 0.0150. The first kappa shape index (κ1) is 27.3. The van der Waals surface area contributed by atoms with E-state index in [-0.39, 0.29) is 16.3 Å². The molecule has 2 amide bonds. The molecule has 0 atom stereocenters. The summed E-state index contributed by atoms with van der Waals surface area (Å²) in [6, 6.07) is 14.1. The molecule has 200 valence electrons. The summed E-state index contributed by atoms with van der Waals surface area (Å²) in [5.41, 5.74) is 1.39. The van der Waals surface area contributed by atoms with Crippen LogP contribution in [-0.2, 0) is 22.6 Å². The minimum Gasteiger partial charge on any atom is -0.337 e. The van der Waals surface area contributed by atoms with Crippen molar-refractivity contribution in [1.82, 2.24) is 24.8 Å². The zero-order valence-electron chi connectivity index (χ0n) is 20.6. The molecule has 2 aromatic heterocycles. The molecule has 2 heterocycles. The number of alkyl halides is 3. The van der Waals surface area contributed by atoms with E-state index in [1.807, 2.05) is 4.72 Å². The summed E-state index contributed by atoms with van der Waals surface area (Å²) in [4.78, 5) is 16.2. The van der Waals surface area contributed by atoms with Crippen LogP contribution in [0.1, 0.15) is 27.7 Å². The number of hydrogen-bond donors (Lipinski definition) is 2. The Morgan fingerprint density at radius 2 is 1.68 bits per heavy atom. The first-order chi connectivity index (χ1) is 17.9. The fourth-order valence-corrected chi connectivity index (χ4v) is 6.41. The Balaban J connectivity index is 1.43. The number of aryl methyl sites for hydroxylation is 2. The van der Waals surface area contributed by atoms with E-state index >= 15 is 0 Å². The number of thiazole rings is 1. The maximum atomic E-state index is 13.8. The third kappa shape index (κ3) is 5.89. The van der Waals surface area contributed by atoms with Gasteiger partial charge in [0.2, 0.25) is 0 Å². The predicted octanol–water partition coefficient (Wildman–Crippen LogP) is 5.17. The number of aromatic nitrogens is 3. The molecule has 0 aliphatic rings. The highest BCUT2D eigenvalue weighted by molar-refractivity contribution is 7.92. The molecule has 0 fully saturated rings. The third-order valence-electron chi connectivity index (χ3n) is 5.66. The summed E-state index contributed by atoms with van der Waals surface area (Å²) in [7, 11) is -4.03. The van der Waals surface area contributed by atoms with E-state index in [0.717, 1.165) is 16.9 Å². The van der Waals surface area contributed by atoms with E-state index in [0.29, 0.717) is 34.1 Å². The predicted molar refractivity (Wildman–Crippen MR) is 138 cm³/mol. The molecule has 2 aromatic carbocycles. The van der Waals surface area contributed by atoms with E-state index in [1.165, 1.54) is 4.68 Å². The lowest BCUT2D eigenvalue weighted by Crippen LogP contribution is -2.40. The first-order valence-corrected chi connectivity index (χ1v) is 13.7. The van der Waals surface area contributed by atoms with Crippen LogP contribution in [0.2, 0.25) is 0 Å². The molecule has 0 bridgehead atoms. The highest BCUT2D eigenvalue weighted by Gasteiger charge is 2.39. The molecule has 0 saturated heterocycles. The van der Waals surface area contributed by atoms with Crippen molar-refractivity contribution in [3.05, 3.63) is 82.3 Å². The molecule has 38 heavy (non-hydrogen) atoms. The standard InChI is InChI=1S/C25H24F3N5O3S2/c1-15-23(37-17(3)30-15)38(35,36)32-24(34)29-14-13-18-9-11-20(12-10-18)33-16(2)21(19-7-5-4-6-8-19)22(31-33)25(26,27)28/h4-12H,13-14H2,1-3H3,(H2,29,32,34). The van der Waals surface area contributed by atoms with Crippen molar-refractivity contribution in [3.8, 4) is 16.8 Å². The van der Waals surface area contributed by atoms with Crippen LogP contribution in [-0.4, -0.2) is 35.8 Å². The zero-order chi connectivity index (χ0) is 27.7. The van der Waals surface area contributed by atoms with Gasteiger partial charge in [-0.15, -0.1) is 11.3 Å². The Morgan fingerprint density at radius 3 is 2.26 bits per heavy atom. The molecule has 2 N–H and O–H groups in total. The summed E-state index contributed by atoms with van der Waals surface area (Å²) < 4.78 is 69.4. The molecule has 0 unspecified atom stereocenters. The van der Waals surface area contributed by atoms with Gasteiger partial charge >= 0.3 is 12.2 Å². The number of nitrogens with one attached hydrogen (secondary N) is 2. The Kier molecular flexibility index (Phi) is 7.61. The van der Waals surface area contributed by atoms with E-state index in [4.69, 9.17) is 0 Å². The number of rotatable bonds is 7. The van der Waals surface area contributed by atoms with Crippen molar-refractivity contribution in [2.75, 3.05) is 6.54 Å². The molecule has 13 heteroatoms. The van der Waals surface area contributed by atoms with Crippen LogP contribution >= 0.6 is 11.3 Å². The van der Waals surface area contributed by atoms with Crippen molar-refractivity contribution < 1.29 is 26.4 Å². The first-order valence-electron chi connectivity index (χ1n) is 11.4. The molecule has 0 spiro atoms. The van der Waals surface area contributed by atoms with Crippen molar-refractivity contribution in [3.63, 3.8) is 0 Å². The van der Waals surface area contributed by atoms with Crippen LogP contribution in [0.4, 0.5) is 18.0 Å². The second-order valence-corrected chi connectivity index (χ2v) is 11.5. The van der Waals surface area contributed by atoms with Gasteiger partial charge in [0.15, 0.2) is 9.90 Å². The largest absolute Gasteiger partial charge is 0.435 e. The van der Waals surface area contributed by atoms with E-state index < -0.39 is 27.9 Å². The maximum Gasteiger partial charge on any atom is 0.435 e. The van der Waals surface area contributed by atoms with Crippen LogP contribution in [0, 0.1) is 20.8 Å². The molecule has 0 saturated carbocycles. The van der Waals surface area contributed by atoms with Crippen LogP contribution in [0.25, 0.3) is 16.8 Å². The molecule has 4 rings (SSSR count). The Labute approximate surface area is 221 Å². The highest BCUT2D eigenvalue weighted by Crippen LogP contribution is 2.39. The van der Waals surface area contributed by atoms with Crippen molar-refractivity contribution in [2.24, 2.45) is 0 Å². The SMILES string of the molecule is Cc1nc(C)c(S(=O)(=O)NC(=O)NCCc2ccc(-n3nc(C(F)(F)F)c(-c4ccccc4)c3C)cc2)s1. The molecule has 0 aliphatic carbocycles. The highest BCUT2D eigenvalue weighted by atomic mass is 32.2. The van der Waals surface area contributed by atoms with Gasteiger partial charge in [-0.3, -0.25) is 0 Å². The second-order valence-electron chi connectivity index (χ2n) is 8.47. The number of halogens is 3. The van der Waals surface area contributed by atoms with Crippen molar-refractivity contribution >= 4 is 27.4 Å². The van der Waals surface area contributed by atoms with Gasteiger partial charge in [-0.2, -0.15) is 18.3 Å². The lowest BCUT2D eigenvalue weighted by molar-refractivity contribution is -0.140. The molecule has 4 aromatic rings. The summed E-state index contributed by atoms with van der Waals surface area (Å²) >= 11 is 0.976. The topological polar surface area (TPSA) is 106 Å². The van der Waals surface area contributed by atoms with Gasteiger partial charge in [0.05, 0.1) is 16.4 Å². The smallest absolute Gasteiger partial charge is 0.337 e. The van der Waals surface area contributed by atoms with Gasteiger partial charge in [-0.25, -0.2) is 27.6 Å². The Hall–Kier alpha value is -3.71. The second kappa shape index (κ2) is 10.6. The third-order valence-corrected chi connectivity index (χ3v) is 8.67. The Morgan fingerprint density at radius 1 is 1.03 bits per heavy atom. The number of sulfonamides is 1. The fourth-order valence-electron chi connectivity index (χ4n) is 3.99. The summed E-state index contributed by atoms with van der Waals surface area (Å²) in [6.45, 7) is 4.95. The van der Waals surface area contributed by atoms with Gasteiger partial charge in [0.25, 0.3) is 10.0 Å². The average molecular weight is 564 g/mol. The van der Waals surface area contributed by atoms with Crippen LogP contribution in [0.15, 0.2) is 58.8 Å². The van der Waals surface area contributed by atoms with Gasteiger partial charge in [0.1, 0.15) is 0 Å². The number of nitrogens with zero attached hydrogens (tertiary/aromatic N) is 3. The number of carbonyl (C=O) groups excluding carboxylic acids is 1. The lowest BCUT2D eigenvalue weighted by atomic mass is 10.0. The number of carbonyl (C=O) groups is 1. The van der Waals surface area contributed by atoms with Crippen LogP contribution in [0.5, 0.6) is 0 Å². The number of amides is 2. The monoisotopic (exact) mass is 563 g/mol. The normalized spacial score (nSPS) is 11.9. The number of urea groups is 1. The molecule has 0 aliphatic heterocycles. The van der Waals surface area contributed by atoms with Crippen LogP contribution < -0.4 is 10.0 Å². The Bertz CT molecular complexity index is 1560. The van der Waals surface area contributed by atoms with E-state index in [9.17, 15) is 26.4 Å². The lowest BCUT2D eigenvalue weighted by Gasteiger charge is -2.09. The average Bonchev–Trinajstić information content (AvgIpc) is 3.38. The van der Waals surface area contributed by atoms with Crippen LogP contribution in [0.3, 0.4) is 0 Å². The van der Waals surface area contributed by atoms with E-state index in [2.05, 4.69) is 15.4 Å². The summed E-state index contributed by atoms with van der Waals surface area (Å²) in [6.07, 6.45) is -4.26. The molecular weight excluding hydrogens is 539 g/mol. The van der Waals surface area contributed by atoms with Crippen molar-refractivity contribution in [1.29, 1.82) is 0 Å². The molecule has 0 radical (unpaired) electrons. The molecule has 8 nitrogen and oxygen atoms in total. The van der Waals surface area contributed by atoms with Gasteiger partial charge in [-0.1, -0.05) is 42.5 Å². The minimum atomic E-state index is -4.63. The summed E-state index contributed by atoms with van der Waals surface area (Å²) in [5.74, 6) is 0. The maximum absolute atomic E-state index is 13.8. The van der Waals surface area contributed by atoms with Gasteiger partial charge < -0.3 is 5.32 Å². The quantitative estimate of drug-likeness (QED) is 0.323. The number of hydrogen-bond acceptors (Lipinski definition) is 6. The number of benzene rings is 2. The van der Waals surface area contributed by atoms with E-state index in [1.54, 1.807) is 75.4 Å². The van der Waals surface area contributed by atoms with Crippen molar-refractivity contribution in [2.45, 2.75) is 37.6 Å². The zero-order valence-corrected chi connectivity index (χ0v) is 22.3. The van der Waals surface area contributed by atoms with Gasteiger partial charge in [-0.05, 0) is 50.5 Å².